The lowest BCUT2D eigenvalue weighted by molar-refractivity contribution is -0.121. The number of nitrogens with zero attached hydrogens (tertiary/aromatic N) is 1. The second-order valence-electron chi connectivity index (χ2n) is 7.85. The van der Waals surface area contributed by atoms with Crippen molar-refractivity contribution in [2.75, 3.05) is 0 Å². The average molecular weight is 389 g/mol. The minimum Gasteiger partial charge on any atom is -0.508 e. The zero-order valence-electron chi connectivity index (χ0n) is 17.5. The van der Waals surface area contributed by atoms with E-state index in [1.807, 2.05) is 12.1 Å². The molecule has 2 N–H and O–H groups in total. The lowest BCUT2D eigenvalue weighted by Crippen LogP contribution is -2.17. The number of amides is 1. The fourth-order valence-electron chi connectivity index (χ4n) is 3.49. The summed E-state index contributed by atoms with van der Waals surface area (Å²) in [7, 11) is 0. The van der Waals surface area contributed by atoms with Gasteiger partial charge in [0.25, 0.3) is 0 Å². The largest absolute Gasteiger partial charge is 0.508 e. The van der Waals surface area contributed by atoms with Crippen LogP contribution >= 0.6 is 0 Å². The Morgan fingerprint density at radius 2 is 1.79 bits per heavy atom. The van der Waals surface area contributed by atoms with Gasteiger partial charge in [-0.3, -0.25) is 4.79 Å². The Labute approximate surface area is 172 Å². The lowest BCUT2D eigenvalue weighted by atomic mass is 10.0. The highest BCUT2D eigenvalue weighted by Gasteiger charge is 2.15. The minimum atomic E-state index is -0.133. The van der Waals surface area contributed by atoms with Gasteiger partial charge in [-0.05, 0) is 77.8 Å². The molecule has 1 aromatic carbocycles. The first-order valence-electron chi connectivity index (χ1n) is 9.99. The first-order valence-corrected chi connectivity index (χ1v) is 9.99. The number of phenols is 1. The molecule has 1 aromatic rings. The molecule has 0 atom stereocenters. The third-order valence-corrected chi connectivity index (χ3v) is 5.22. The molecule has 29 heavy (non-hydrogen) atoms. The van der Waals surface area contributed by atoms with Crippen LogP contribution in [-0.2, 0) is 11.2 Å². The Hall–Kier alpha value is -3.14. The molecule has 0 aliphatic heterocycles. The zero-order chi connectivity index (χ0) is 21.0. The molecule has 1 amide bonds. The van der Waals surface area contributed by atoms with Gasteiger partial charge in [-0.1, -0.05) is 44.2 Å². The van der Waals surface area contributed by atoms with Crippen LogP contribution in [0, 0.1) is 13.8 Å². The first-order chi connectivity index (χ1) is 13.8. The van der Waals surface area contributed by atoms with Crippen molar-refractivity contribution in [1.82, 2.24) is 5.43 Å². The number of rotatable bonds is 6. The number of hydrogen-bond acceptors (Lipinski definition) is 3. The van der Waals surface area contributed by atoms with E-state index in [0.717, 1.165) is 11.1 Å². The van der Waals surface area contributed by atoms with Gasteiger partial charge in [0.2, 0.25) is 5.91 Å². The van der Waals surface area contributed by atoms with Crippen molar-refractivity contribution in [3.63, 3.8) is 0 Å². The van der Waals surface area contributed by atoms with Gasteiger partial charge in [-0.2, -0.15) is 5.10 Å². The monoisotopic (exact) mass is 388 g/mol. The number of carbonyl (C=O) groups is 1. The molecule has 0 saturated heterocycles. The van der Waals surface area contributed by atoms with Crippen molar-refractivity contribution in [1.29, 1.82) is 0 Å². The van der Waals surface area contributed by atoms with Crippen molar-refractivity contribution in [2.45, 2.75) is 46.5 Å². The standard InChI is InChI=1S/C25H28N2O2/c1-16(2)20-9-5-17(3)25-21(13-18(4)23(25)14-20)15-26-27-24(29)12-8-19-6-10-22(28)11-7-19/h5-7,9-11,13-16,28H,8,12H2,1-4H3,(H,27,29)/b26-15-. The Bertz CT molecular complexity index is 1000. The SMILES string of the molecule is Cc1cc(/C=N\NC(=O)CCc2ccc(O)cc2)c2c(C)ccc(C(C)C)cc1-2. The van der Waals surface area contributed by atoms with Crippen LogP contribution in [0.1, 0.15) is 54.0 Å². The molecule has 0 saturated carbocycles. The first kappa shape index (κ1) is 20.6. The number of benzene rings is 1. The number of carbonyl (C=O) groups excluding carboxylic acids is 1. The predicted molar refractivity (Wildman–Crippen MR) is 119 cm³/mol. The summed E-state index contributed by atoms with van der Waals surface area (Å²) in [5.74, 6) is 0.555. The number of phenolic OH excluding ortho intramolecular Hbond substituents is 1. The fourth-order valence-corrected chi connectivity index (χ4v) is 3.49. The number of aryl methyl sites for hydroxylation is 3. The maximum Gasteiger partial charge on any atom is 0.240 e. The molecule has 0 bridgehead atoms. The van der Waals surface area contributed by atoms with E-state index in [1.165, 1.54) is 27.8 Å². The van der Waals surface area contributed by atoms with Gasteiger partial charge in [0, 0.05) is 12.0 Å². The van der Waals surface area contributed by atoms with E-state index in [1.54, 1.807) is 18.3 Å². The van der Waals surface area contributed by atoms with E-state index < -0.39 is 0 Å². The Morgan fingerprint density at radius 1 is 1.07 bits per heavy atom. The van der Waals surface area contributed by atoms with E-state index in [-0.39, 0.29) is 11.7 Å². The number of nitrogens with one attached hydrogen (secondary N) is 1. The fraction of sp³-hybridized carbons (Fsp3) is 0.280. The number of hydrogen-bond donors (Lipinski definition) is 2. The normalized spacial score (nSPS) is 11.5. The lowest BCUT2D eigenvalue weighted by Gasteiger charge is -2.04. The quantitative estimate of drug-likeness (QED) is 0.443. The van der Waals surface area contributed by atoms with Crippen LogP contribution in [0.2, 0.25) is 0 Å². The number of fused-ring (bicyclic) bond motifs is 1. The maximum atomic E-state index is 12.1. The molecule has 0 unspecified atom stereocenters. The van der Waals surface area contributed by atoms with Gasteiger partial charge >= 0.3 is 0 Å². The van der Waals surface area contributed by atoms with Crippen LogP contribution in [-0.4, -0.2) is 17.2 Å². The van der Waals surface area contributed by atoms with E-state index in [4.69, 9.17) is 0 Å². The highest BCUT2D eigenvalue weighted by atomic mass is 16.3. The van der Waals surface area contributed by atoms with Crippen molar-refractivity contribution in [3.8, 4) is 16.9 Å². The van der Waals surface area contributed by atoms with Crippen LogP contribution in [0.5, 0.6) is 5.75 Å². The summed E-state index contributed by atoms with van der Waals surface area (Å²) in [6.45, 7) is 8.62. The molecule has 0 aromatic heterocycles. The molecule has 4 nitrogen and oxygen atoms in total. The Balaban J connectivity index is 1.69. The third kappa shape index (κ3) is 5.02. The second-order valence-corrected chi connectivity index (χ2v) is 7.85. The average Bonchev–Trinajstić information content (AvgIpc) is 2.87. The molecule has 3 rings (SSSR count). The molecule has 0 radical (unpaired) electrons. The number of aromatic hydroxyl groups is 1. The summed E-state index contributed by atoms with van der Waals surface area (Å²) < 4.78 is 0. The van der Waals surface area contributed by atoms with Gasteiger partial charge in [0.1, 0.15) is 5.75 Å². The molecular formula is C25H28N2O2. The highest BCUT2D eigenvalue weighted by molar-refractivity contribution is 5.95. The smallest absolute Gasteiger partial charge is 0.240 e. The van der Waals surface area contributed by atoms with Crippen LogP contribution < -0.4 is 5.43 Å². The van der Waals surface area contributed by atoms with Gasteiger partial charge in [-0.15, -0.1) is 0 Å². The van der Waals surface area contributed by atoms with Crippen LogP contribution in [0.15, 0.2) is 53.6 Å². The molecule has 2 aliphatic carbocycles. The molecule has 0 spiro atoms. The van der Waals surface area contributed by atoms with Crippen LogP contribution in [0.4, 0.5) is 0 Å². The van der Waals surface area contributed by atoms with Crippen molar-refractivity contribution in [2.24, 2.45) is 5.10 Å². The van der Waals surface area contributed by atoms with E-state index in [9.17, 15) is 9.90 Å². The number of hydrazone groups is 1. The zero-order valence-corrected chi connectivity index (χ0v) is 17.5. The van der Waals surface area contributed by atoms with E-state index >= 15 is 0 Å². The third-order valence-electron chi connectivity index (χ3n) is 5.22. The predicted octanol–water partition coefficient (Wildman–Crippen LogP) is 5.32. The maximum absolute atomic E-state index is 12.1. The van der Waals surface area contributed by atoms with Gasteiger partial charge in [0.15, 0.2) is 0 Å². The summed E-state index contributed by atoms with van der Waals surface area (Å²) in [5, 5.41) is 13.5. The molecule has 0 heterocycles. The summed E-state index contributed by atoms with van der Waals surface area (Å²) in [5.41, 5.74) is 10.8. The summed E-state index contributed by atoms with van der Waals surface area (Å²) in [4.78, 5) is 12.1. The van der Waals surface area contributed by atoms with Crippen LogP contribution in [0.25, 0.3) is 11.1 Å². The summed E-state index contributed by atoms with van der Waals surface area (Å²) in [6, 6.07) is 15.6. The minimum absolute atomic E-state index is 0.133. The Morgan fingerprint density at radius 3 is 2.48 bits per heavy atom. The second kappa shape index (κ2) is 8.91. The molecule has 0 fully saturated rings. The van der Waals surface area contributed by atoms with Gasteiger partial charge < -0.3 is 5.11 Å². The topological polar surface area (TPSA) is 61.7 Å². The molecule has 150 valence electrons. The Kier molecular flexibility index (Phi) is 6.32. The highest BCUT2D eigenvalue weighted by Crippen LogP contribution is 2.35. The molecule has 2 aliphatic rings. The molecule has 4 heteroatoms. The van der Waals surface area contributed by atoms with Crippen molar-refractivity contribution < 1.29 is 9.90 Å². The van der Waals surface area contributed by atoms with Crippen LogP contribution in [0.3, 0.4) is 0 Å². The van der Waals surface area contributed by atoms with Gasteiger partial charge in [-0.25, -0.2) is 5.43 Å². The van der Waals surface area contributed by atoms with E-state index in [0.29, 0.717) is 18.8 Å². The molecular weight excluding hydrogens is 360 g/mol. The van der Waals surface area contributed by atoms with Gasteiger partial charge in [0.05, 0.1) is 6.21 Å². The van der Waals surface area contributed by atoms with Crippen molar-refractivity contribution >= 4 is 12.1 Å². The van der Waals surface area contributed by atoms with Crippen molar-refractivity contribution in [3.05, 3.63) is 76.3 Å². The summed E-state index contributed by atoms with van der Waals surface area (Å²) >= 11 is 0. The van der Waals surface area contributed by atoms with E-state index in [2.05, 4.69) is 62.5 Å². The summed E-state index contributed by atoms with van der Waals surface area (Å²) in [6.07, 6.45) is 2.68.